The Morgan fingerprint density at radius 1 is 1.33 bits per heavy atom. The van der Waals surface area contributed by atoms with Crippen molar-refractivity contribution in [1.82, 2.24) is 14.9 Å². The number of fused-ring (bicyclic) bond motifs is 1. The summed E-state index contributed by atoms with van der Waals surface area (Å²) in [6.45, 7) is 9.65. The van der Waals surface area contributed by atoms with Crippen molar-refractivity contribution >= 4 is 5.70 Å². The third kappa shape index (κ3) is 5.17. The first kappa shape index (κ1) is 20.6. The summed E-state index contributed by atoms with van der Waals surface area (Å²) < 4.78 is 19.8. The lowest BCUT2D eigenvalue weighted by molar-refractivity contribution is 0.114. The van der Waals surface area contributed by atoms with Gasteiger partial charge < -0.3 is 15.2 Å². The molecule has 6 nitrogen and oxygen atoms in total. The van der Waals surface area contributed by atoms with Gasteiger partial charge in [0.15, 0.2) is 0 Å². The highest BCUT2D eigenvalue weighted by Gasteiger charge is 2.18. The van der Waals surface area contributed by atoms with Gasteiger partial charge in [-0.3, -0.25) is 9.36 Å². The summed E-state index contributed by atoms with van der Waals surface area (Å²) >= 11 is 0. The summed E-state index contributed by atoms with van der Waals surface area (Å²) in [6.07, 6.45) is 1.35. The monoisotopic (exact) mass is 375 g/mol. The van der Waals surface area contributed by atoms with E-state index < -0.39 is 11.3 Å². The van der Waals surface area contributed by atoms with Crippen LogP contribution >= 0.6 is 0 Å². The Kier molecular flexibility index (Phi) is 7.55. The number of nitrogens with zero attached hydrogens (tertiary/aromatic N) is 2. The molecule has 2 heterocycles. The summed E-state index contributed by atoms with van der Waals surface area (Å²) in [6, 6.07) is 6.04. The van der Waals surface area contributed by atoms with Crippen LogP contribution < -0.4 is 10.9 Å². The number of nitrogens with one attached hydrogen (secondary N) is 1. The van der Waals surface area contributed by atoms with E-state index in [0.717, 1.165) is 12.0 Å². The minimum atomic E-state index is -0.491. The fraction of sp³-hybridized carbons (Fsp3) is 0.400. The van der Waals surface area contributed by atoms with Gasteiger partial charge in [-0.05, 0) is 24.1 Å². The van der Waals surface area contributed by atoms with Crippen LogP contribution in [0.25, 0.3) is 5.70 Å². The van der Waals surface area contributed by atoms with E-state index >= 15 is 0 Å². The first-order valence-corrected chi connectivity index (χ1v) is 9.14. The van der Waals surface area contributed by atoms with Gasteiger partial charge in [0, 0.05) is 19.6 Å². The quantitative estimate of drug-likeness (QED) is 0.859. The molecule has 1 aromatic carbocycles. The molecule has 146 valence electrons. The summed E-state index contributed by atoms with van der Waals surface area (Å²) in [5.41, 5.74) is 0.859. The van der Waals surface area contributed by atoms with E-state index in [1.54, 1.807) is 12.1 Å². The van der Waals surface area contributed by atoms with Gasteiger partial charge in [-0.1, -0.05) is 32.6 Å². The molecule has 2 aromatic rings. The average molecular weight is 375 g/mol. The molecular weight excluding hydrogens is 349 g/mol. The number of hydrogen-bond donors (Lipinski definition) is 2. The molecule has 0 fully saturated rings. The Hall–Kier alpha value is -2.67. The maximum atomic E-state index is 12.9. The smallest absolute Gasteiger partial charge is 0.296 e. The molecule has 0 unspecified atom stereocenters. The Balaban J connectivity index is 0.00000126. The Bertz CT molecular complexity index is 832. The van der Waals surface area contributed by atoms with E-state index in [4.69, 9.17) is 4.74 Å². The molecule has 1 aliphatic rings. The maximum absolute atomic E-state index is 12.9. The predicted molar refractivity (Wildman–Crippen MR) is 103 cm³/mol. The van der Waals surface area contributed by atoms with Crippen LogP contribution in [-0.4, -0.2) is 27.9 Å². The summed E-state index contributed by atoms with van der Waals surface area (Å²) in [4.78, 5) is 16.9. The molecular formula is C20H26FN3O3. The Labute approximate surface area is 158 Å². The summed E-state index contributed by atoms with van der Waals surface area (Å²) in [7, 11) is 0. The van der Waals surface area contributed by atoms with Crippen molar-refractivity contribution in [3.63, 3.8) is 0 Å². The SMILES string of the molecule is C=C(NCc1ccc(F)cc1)c1nc2n(c(=O)c1O)CCOCCC2.CC. The van der Waals surface area contributed by atoms with Crippen molar-refractivity contribution in [1.29, 1.82) is 0 Å². The van der Waals surface area contributed by atoms with Crippen LogP contribution in [0.5, 0.6) is 5.75 Å². The fourth-order valence-electron chi connectivity index (χ4n) is 2.71. The van der Waals surface area contributed by atoms with Gasteiger partial charge in [-0.25, -0.2) is 9.37 Å². The summed E-state index contributed by atoms with van der Waals surface area (Å²) in [5.74, 6) is -0.118. The lowest BCUT2D eigenvalue weighted by Gasteiger charge is -2.18. The van der Waals surface area contributed by atoms with Crippen LogP contribution in [0, 0.1) is 5.82 Å². The highest BCUT2D eigenvalue weighted by atomic mass is 19.1. The van der Waals surface area contributed by atoms with E-state index in [-0.39, 0.29) is 11.5 Å². The zero-order chi connectivity index (χ0) is 19.8. The van der Waals surface area contributed by atoms with Crippen LogP contribution in [0.3, 0.4) is 0 Å². The summed E-state index contributed by atoms with van der Waals surface area (Å²) in [5, 5.41) is 13.3. The largest absolute Gasteiger partial charge is 0.501 e. The number of rotatable bonds is 4. The van der Waals surface area contributed by atoms with Gasteiger partial charge in [0.25, 0.3) is 5.56 Å². The molecule has 0 bridgehead atoms. The molecule has 0 saturated carbocycles. The second kappa shape index (κ2) is 9.87. The van der Waals surface area contributed by atoms with Crippen molar-refractivity contribution in [3.05, 3.63) is 64.1 Å². The van der Waals surface area contributed by atoms with Crippen LogP contribution in [0.15, 0.2) is 35.6 Å². The molecule has 0 radical (unpaired) electrons. The third-order valence-corrected chi connectivity index (χ3v) is 4.08. The van der Waals surface area contributed by atoms with Crippen LogP contribution in [0.1, 0.15) is 37.4 Å². The van der Waals surface area contributed by atoms with Gasteiger partial charge in [-0.2, -0.15) is 0 Å². The Morgan fingerprint density at radius 2 is 2.04 bits per heavy atom. The van der Waals surface area contributed by atoms with E-state index in [9.17, 15) is 14.3 Å². The number of aromatic hydroxyl groups is 1. The first-order chi connectivity index (χ1) is 13.1. The fourth-order valence-corrected chi connectivity index (χ4v) is 2.71. The molecule has 0 aliphatic carbocycles. The minimum absolute atomic E-state index is 0.153. The number of halogens is 1. The molecule has 27 heavy (non-hydrogen) atoms. The number of ether oxygens (including phenoxy) is 1. The minimum Gasteiger partial charge on any atom is -0.501 e. The number of aromatic nitrogens is 2. The van der Waals surface area contributed by atoms with Crippen molar-refractivity contribution in [2.45, 2.75) is 39.8 Å². The topological polar surface area (TPSA) is 76.4 Å². The normalized spacial score (nSPS) is 13.4. The lowest BCUT2D eigenvalue weighted by atomic mass is 10.2. The predicted octanol–water partition coefficient (Wildman–Crippen LogP) is 2.84. The highest BCUT2D eigenvalue weighted by Crippen LogP contribution is 2.18. The molecule has 2 N–H and O–H groups in total. The van der Waals surface area contributed by atoms with Crippen LogP contribution in [0.2, 0.25) is 0 Å². The molecule has 1 aliphatic heterocycles. The van der Waals surface area contributed by atoms with Crippen molar-refractivity contribution < 1.29 is 14.2 Å². The molecule has 1 aromatic heterocycles. The van der Waals surface area contributed by atoms with Crippen LogP contribution in [-0.2, 0) is 24.2 Å². The van der Waals surface area contributed by atoms with E-state index in [0.29, 0.717) is 44.2 Å². The van der Waals surface area contributed by atoms with Crippen molar-refractivity contribution in [2.24, 2.45) is 0 Å². The standard InChI is InChI=1S/C18H20FN3O3.C2H6/c1-12(20-11-13-4-6-14(19)7-5-13)16-17(23)18(24)22-8-10-25-9-2-3-15(22)21-16;1-2/h4-7,20,23H,1-3,8-11H2;1-2H3. The van der Waals surface area contributed by atoms with Gasteiger partial charge in [0.05, 0.1) is 18.8 Å². The van der Waals surface area contributed by atoms with E-state index in [1.807, 2.05) is 13.8 Å². The zero-order valence-electron chi connectivity index (χ0n) is 15.8. The molecule has 0 amide bonds. The number of hydrogen-bond acceptors (Lipinski definition) is 5. The number of aryl methyl sites for hydroxylation is 1. The number of benzene rings is 1. The van der Waals surface area contributed by atoms with Gasteiger partial charge in [0.1, 0.15) is 17.3 Å². The van der Waals surface area contributed by atoms with Crippen molar-refractivity contribution in [2.75, 3.05) is 13.2 Å². The van der Waals surface area contributed by atoms with Gasteiger partial charge >= 0.3 is 0 Å². The molecule has 7 heteroatoms. The second-order valence-electron chi connectivity index (χ2n) is 5.86. The average Bonchev–Trinajstić information content (AvgIpc) is 2.66. The lowest BCUT2D eigenvalue weighted by Crippen LogP contribution is -2.30. The van der Waals surface area contributed by atoms with Gasteiger partial charge in [0.2, 0.25) is 5.75 Å². The zero-order valence-corrected chi connectivity index (χ0v) is 15.8. The van der Waals surface area contributed by atoms with E-state index in [2.05, 4.69) is 16.9 Å². The molecule has 0 spiro atoms. The maximum Gasteiger partial charge on any atom is 0.296 e. The molecule has 3 rings (SSSR count). The molecule has 0 atom stereocenters. The highest BCUT2D eigenvalue weighted by molar-refractivity contribution is 5.63. The van der Waals surface area contributed by atoms with Crippen molar-refractivity contribution in [3.8, 4) is 5.75 Å². The molecule has 0 saturated heterocycles. The van der Waals surface area contributed by atoms with Gasteiger partial charge in [-0.15, -0.1) is 0 Å². The van der Waals surface area contributed by atoms with E-state index in [1.165, 1.54) is 16.7 Å². The first-order valence-electron chi connectivity index (χ1n) is 9.14. The second-order valence-corrected chi connectivity index (χ2v) is 5.86. The van der Waals surface area contributed by atoms with Crippen LogP contribution in [0.4, 0.5) is 4.39 Å². The Morgan fingerprint density at radius 3 is 2.74 bits per heavy atom. The third-order valence-electron chi connectivity index (χ3n) is 4.08.